The van der Waals surface area contributed by atoms with E-state index in [1.54, 1.807) is 19.1 Å². The van der Waals surface area contributed by atoms with Gasteiger partial charge in [0, 0.05) is 5.57 Å². The van der Waals surface area contributed by atoms with Gasteiger partial charge in [0.25, 0.3) is 0 Å². The molecule has 0 bridgehead atoms. The standard InChI is InChI=1S/C19H17N3O3/c1-11(2)13-9-16(12(3)8-18(13)23)22-25-19(24)17-10-20-14-6-4-5-7-15(14)21-17/h4-11H,1-3H3/b22-16-. The molecule has 3 rings (SSSR count). The summed E-state index contributed by atoms with van der Waals surface area (Å²) in [6.07, 6.45) is 4.51. The minimum atomic E-state index is -0.699. The highest BCUT2D eigenvalue weighted by molar-refractivity contribution is 6.21. The molecule has 0 N–H and O–H groups in total. The Kier molecular flexibility index (Phi) is 4.52. The molecule has 1 aliphatic carbocycles. The molecule has 0 saturated carbocycles. The van der Waals surface area contributed by atoms with Crippen molar-refractivity contribution in [2.75, 3.05) is 0 Å². The lowest BCUT2D eigenvalue weighted by Crippen LogP contribution is -2.16. The molecule has 0 saturated heterocycles. The molecular formula is C19H17N3O3. The lowest BCUT2D eigenvalue weighted by atomic mass is 9.90. The van der Waals surface area contributed by atoms with Crippen LogP contribution in [0.3, 0.4) is 0 Å². The van der Waals surface area contributed by atoms with Gasteiger partial charge in [-0.3, -0.25) is 9.78 Å². The van der Waals surface area contributed by atoms with E-state index in [0.29, 0.717) is 27.9 Å². The Labute approximate surface area is 144 Å². The molecule has 6 heteroatoms. The summed E-state index contributed by atoms with van der Waals surface area (Å²) in [6, 6.07) is 7.24. The summed E-state index contributed by atoms with van der Waals surface area (Å²) in [6.45, 7) is 5.59. The van der Waals surface area contributed by atoms with Crippen LogP contribution in [0.2, 0.25) is 0 Å². The molecule has 0 amide bonds. The average molecular weight is 335 g/mol. The van der Waals surface area contributed by atoms with Crippen molar-refractivity contribution in [1.29, 1.82) is 0 Å². The molecule has 0 aliphatic heterocycles. The van der Waals surface area contributed by atoms with Crippen molar-refractivity contribution < 1.29 is 14.4 Å². The van der Waals surface area contributed by atoms with Gasteiger partial charge < -0.3 is 4.84 Å². The van der Waals surface area contributed by atoms with Crippen LogP contribution in [0, 0.1) is 5.92 Å². The fourth-order valence-electron chi connectivity index (χ4n) is 2.43. The van der Waals surface area contributed by atoms with Crippen molar-refractivity contribution in [3.8, 4) is 0 Å². The van der Waals surface area contributed by atoms with Crippen molar-refractivity contribution in [3.05, 3.63) is 59.5 Å². The number of benzene rings is 1. The number of para-hydroxylation sites is 2. The molecule has 0 fully saturated rings. The topological polar surface area (TPSA) is 81.5 Å². The van der Waals surface area contributed by atoms with Crippen LogP contribution >= 0.6 is 0 Å². The van der Waals surface area contributed by atoms with Crippen LogP contribution in [0.15, 0.2) is 58.9 Å². The third-order valence-corrected chi connectivity index (χ3v) is 3.83. The highest BCUT2D eigenvalue weighted by Crippen LogP contribution is 2.19. The molecule has 126 valence electrons. The van der Waals surface area contributed by atoms with E-state index in [2.05, 4.69) is 15.1 Å². The van der Waals surface area contributed by atoms with Crippen molar-refractivity contribution >= 4 is 28.5 Å². The van der Waals surface area contributed by atoms with Gasteiger partial charge in [0.15, 0.2) is 11.5 Å². The number of fused-ring (bicyclic) bond motifs is 1. The van der Waals surface area contributed by atoms with Gasteiger partial charge in [-0.1, -0.05) is 31.1 Å². The first-order valence-corrected chi connectivity index (χ1v) is 7.91. The Balaban J connectivity index is 1.83. The number of ketones is 1. The minimum Gasteiger partial charge on any atom is -0.310 e. The van der Waals surface area contributed by atoms with Crippen LogP contribution in [0.5, 0.6) is 0 Å². The predicted octanol–water partition coefficient (Wildman–Crippen LogP) is 3.25. The number of carbonyl (C=O) groups is 2. The van der Waals surface area contributed by atoms with E-state index in [1.807, 2.05) is 32.0 Å². The van der Waals surface area contributed by atoms with Gasteiger partial charge in [-0.2, -0.15) is 0 Å². The van der Waals surface area contributed by atoms with Crippen molar-refractivity contribution in [3.63, 3.8) is 0 Å². The molecular weight excluding hydrogens is 318 g/mol. The zero-order valence-corrected chi connectivity index (χ0v) is 14.2. The maximum absolute atomic E-state index is 12.2. The Morgan fingerprint density at radius 3 is 2.60 bits per heavy atom. The van der Waals surface area contributed by atoms with Gasteiger partial charge in [-0.25, -0.2) is 9.78 Å². The lowest BCUT2D eigenvalue weighted by Gasteiger charge is -2.14. The molecule has 0 radical (unpaired) electrons. The highest BCUT2D eigenvalue weighted by Gasteiger charge is 2.20. The fraction of sp³-hybridized carbons (Fsp3) is 0.211. The van der Waals surface area contributed by atoms with Gasteiger partial charge in [0.2, 0.25) is 0 Å². The molecule has 0 unspecified atom stereocenters. The van der Waals surface area contributed by atoms with E-state index >= 15 is 0 Å². The van der Waals surface area contributed by atoms with Gasteiger partial charge in [0.1, 0.15) is 5.71 Å². The van der Waals surface area contributed by atoms with E-state index in [0.717, 1.165) is 0 Å². The predicted molar refractivity (Wildman–Crippen MR) is 94.1 cm³/mol. The minimum absolute atomic E-state index is 0.0434. The van der Waals surface area contributed by atoms with Crippen LogP contribution in [-0.2, 0) is 9.63 Å². The normalized spacial score (nSPS) is 16.2. The highest BCUT2D eigenvalue weighted by atomic mass is 16.7. The number of rotatable bonds is 3. The maximum Gasteiger partial charge on any atom is 0.385 e. The first-order valence-electron chi connectivity index (χ1n) is 7.91. The third kappa shape index (κ3) is 3.52. The molecule has 6 nitrogen and oxygen atoms in total. The second-order valence-corrected chi connectivity index (χ2v) is 6.05. The molecule has 2 aromatic rings. The summed E-state index contributed by atoms with van der Waals surface area (Å²) in [7, 11) is 0. The largest absolute Gasteiger partial charge is 0.385 e. The quantitative estimate of drug-likeness (QED) is 0.488. The third-order valence-electron chi connectivity index (χ3n) is 3.83. The molecule has 0 spiro atoms. The average Bonchev–Trinajstić information content (AvgIpc) is 2.60. The van der Waals surface area contributed by atoms with Crippen molar-refractivity contribution in [1.82, 2.24) is 9.97 Å². The smallest absolute Gasteiger partial charge is 0.310 e. The van der Waals surface area contributed by atoms with Crippen LogP contribution in [0.1, 0.15) is 31.3 Å². The molecule has 1 aromatic carbocycles. The zero-order chi connectivity index (χ0) is 18.0. The lowest BCUT2D eigenvalue weighted by molar-refractivity contribution is -0.111. The van der Waals surface area contributed by atoms with Crippen LogP contribution in [0.25, 0.3) is 11.0 Å². The van der Waals surface area contributed by atoms with Crippen LogP contribution in [0.4, 0.5) is 0 Å². The van der Waals surface area contributed by atoms with Gasteiger partial charge in [0.05, 0.1) is 17.2 Å². The van der Waals surface area contributed by atoms with E-state index in [9.17, 15) is 9.59 Å². The Morgan fingerprint density at radius 2 is 1.88 bits per heavy atom. The van der Waals surface area contributed by atoms with Crippen molar-refractivity contribution in [2.45, 2.75) is 20.8 Å². The summed E-state index contributed by atoms with van der Waals surface area (Å²) in [5.41, 5.74) is 3.10. The summed E-state index contributed by atoms with van der Waals surface area (Å²) >= 11 is 0. The molecule has 1 heterocycles. The summed E-state index contributed by atoms with van der Waals surface area (Å²) < 4.78 is 0. The molecule has 1 aromatic heterocycles. The fourth-order valence-corrected chi connectivity index (χ4v) is 2.43. The monoisotopic (exact) mass is 335 g/mol. The summed E-state index contributed by atoms with van der Waals surface area (Å²) in [5, 5.41) is 3.89. The molecule has 0 atom stereocenters. The second kappa shape index (κ2) is 6.76. The zero-order valence-electron chi connectivity index (χ0n) is 14.2. The second-order valence-electron chi connectivity index (χ2n) is 6.05. The number of hydrogen-bond acceptors (Lipinski definition) is 6. The van der Waals surface area contributed by atoms with Crippen LogP contribution in [-0.4, -0.2) is 27.4 Å². The molecule has 1 aliphatic rings. The molecule has 25 heavy (non-hydrogen) atoms. The van der Waals surface area contributed by atoms with Crippen LogP contribution < -0.4 is 0 Å². The Hall–Kier alpha value is -3.15. The number of nitrogens with zero attached hydrogens (tertiary/aromatic N) is 3. The van der Waals surface area contributed by atoms with E-state index < -0.39 is 5.97 Å². The Morgan fingerprint density at radius 1 is 1.16 bits per heavy atom. The Bertz CT molecular complexity index is 955. The van der Waals surface area contributed by atoms with Gasteiger partial charge in [-0.15, -0.1) is 0 Å². The number of aromatic nitrogens is 2. The number of hydrogen-bond donors (Lipinski definition) is 0. The first kappa shape index (κ1) is 16.7. The van der Waals surface area contributed by atoms with Crippen molar-refractivity contribution in [2.24, 2.45) is 11.1 Å². The van der Waals surface area contributed by atoms with E-state index in [1.165, 1.54) is 12.3 Å². The maximum atomic E-state index is 12.2. The summed E-state index contributed by atoms with van der Waals surface area (Å²) in [4.78, 5) is 37.5. The summed E-state index contributed by atoms with van der Waals surface area (Å²) in [5.74, 6) is -0.683. The van der Waals surface area contributed by atoms with Gasteiger partial charge in [-0.05, 0) is 42.7 Å². The van der Waals surface area contributed by atoms with E-state index in [-0.39, 0.29) is 17.4 Å². The number of allylic oxidation sites excluding steroid dienone is 4. The number of oxime groups is 1. The van der Waals surface area contributed by atoms with Gasteiger partial charge >= 0.3 is 5.97 Å². The number of carbonyl (C=O) groups excluding carboxylic acids is 2. The van der Waals surface area contributed by atoms with E-state index in [4.69, 9.17) is 4.84 Å². The SMILES string of the molecule is CC1=CC(=O)C(C(C)C)=C/C1=N/OC(=O)c1cnc2ccccc2n1. The first-order chi connectivity index (χ1) is 12.0.